The first-order valence-corrected chi connectivity index (χ1v) is 9.74. The maximum absolute atomic E-state index is 12.1. The Morgan fingerprint density at radius 2 is 1.76 bits per heavy atom. The number of nitrogens with one attached hydrogen (secondary N) is 2. The van der Waals surface area contributed by atoms with Crippen LogP contribution in [0.25, 0.3) is 0 Å². The van der Waals surface area contributed by atoms with Crippen LogP contribution in [-0.2, 0) is 28.9 Å². The summed E-state index contributed by atoms with van der Waals surface area (Å²) in [6, 6.07) is 9.50. The smallest absolute Gasteiger partial charge is 0.216 e. The molecule has 0 spiro atoms. The van der Waals surface area contributed by atoms with Crippen molar-refractivity contribution in [2.24, 2.45) is 0 Å². The van der Waals surface area contributed by atoms with Gasteiger partial charge in [0.15, 0.2) is 0 Å². The van der Waals surface area contributed by atoms with Crippen molar-refractivity contribution in [2.75, 3.05) is 7.05 Å². The van der Waals surface area contributed by atoms with Gasteiger partial charge in [-0.1, -0.05) is 24.3 Å². The molecule has 0 unspecified atom stereocenters. The normalized spacial score (nSPS) is 11.7. The third-order valence-corrected chi connectivity index (χ3v) is 6.13. The van der Waals surface area contributed by atoms with Crippen molar-refractivity contribution in [1.29, 1.82) is 0 Å². The van der Waals surface area contributed by atoms with Crippen molar-refractivity contribution in [1.82, 2.24) is 10.0 Å². The lowest BCUT2D eigenvalue weighted by atomic mass is 10.1. The summed E-state index contributed by atoms with van der Waals surface area (Å²) >= 11 is 4.92. The lowest BCUT2D eigenvalue weighted by Crippen LogP contribution is -2.24. The molecule has 7 heteroatoms. The van der Waals surface area contributed by atoms with Crippen LogP contribution in [0.1, 0.15) is 16.0 Å². The molecular formula is C14H17BrN2O2S2. The highest BCUT2D eigenvalue weighted by molar-refractivity contribution is 9.10. The zero-order chi connectivity index (χ0) is 15.3. The predicted octanol–water partition coefficient (Wildman–Crippen LogP) is 2.85. The minimum atomic E-state index is -3.33. The van der Waals surface area contributed by atoms with Crippen molar-refractivity contribution in [2.45, 2.75) is 18.8 Å². The van der Waals surface area contributed by atoms with E-state index >= 15 is 0 Å². The van der Waals surface area contributed by atoms with Crippen molar-refractivity contribution in [3.8, 4) is 0 Å². The monoisotopic (exact) mass is 388 g/mol. The molecule has 0 atom stereocenters. The summed E-state index contributed by atoms with van der Waals surface area (Å²) in [6.07, 6.45) is 0. The molecule has 2 N–H and O–H groups in total. The molecule has 21 heavy (non-hydrogen) atoms. The van der Waals surface area contributed by atoms with E-state index in [0.717, 1.165) is 27.0 Å². The van der Waals surface area contributed by atoms with E-state index in [2.05, 4.69) is 26.0 Å². The second kappa shape index (κ2) is 7.51. The summed E-state index contributed by atoms with van der Waals surface area (Å²) in [5, 5.41) is 4.98. The highest BCUT2D eigenvalue weighted by Gasteiger charge is 2.12. The van der Waals surface area contributed by atoms with E-state index in [9.17, 15) is 8.42 Å². The first kappa shape index (κ1) is 16.6. The number of benzene rings is 1. The van der Waals surface area contributed by atoms with E-state index in [1.165, 1.54) is 11.3 Å². The first-order chi connectivity index (χ1) is 10.00. The predicted molar refractivity (Wildman–Crippen MR) is 90.7 cm³/mol. The highest BCUT2D eigenvalue weighted by Crippen LogP contribution is 2.22. The van der Waals surface area contributed by atoms with Crippen LogP contribution >= 0.6 is 27.3 Å². The molecule has 0 bridgehead atoms. The fraction of sp³-hybridized carbons (Fsp3) is 0.286. The molecule has 0 amide bonds. The van der Waals surface area contributed by atoms with Gasteiger partial charge < -0.3 is 5.32 Å². The third kappa shape index (κ3) is 5.19. The van der Waals surface area contributed by atoms with Crippen LogP contribution in [0.15, 0.2) is 40.2 Å². The number of hydrogen-bond acceptors (Lipinski definition) is 4. The summed E-state index contributed by atoms with van der Waals surface area (Å²) in [5.74, 6) is -0.00414. The Balaban J connectivity index is 1.95. The quantitative estimate of drug-likeness (QED) is 0.766. The van der Waals surface area contributed by atoms with Gasteiger partial charge in [0.2, 0.25) is 10.0 Å². The fourth-order valence-electron chi connectivity index (χ4n) is 1.85. The van der Waals surface area contributed by atoms with Crippen LogP contribution in [0.2, 0.25) is 0 Å². The second-order valence-electron chi connectivity index (χ2n) is 4.62. The zero-order valence-corrected chi connectivity index (χ0v) is 14.8. The summed E-state index contributed by atoms with van der Waals surface area (Å²) in [7, 11) is -1.45. The molecule has 0 radical (unpaired) electrons. The van der Waals surface area contributed by atoms with Crippen molar-refractivity contribution >= 4 is 37.3 Å². The van der Waals surface area contributed by atoms with Crippen molar-refractivity contribution in [3.63, 3.8) is 0 Å². The van der Waals surface area contributed by atoms with Gasteiger partial charge in [0, 0.05) is 22.4 Å². The molecule has 1 aromatic heterocycles. The minimum Gasteiger partial charge on any atom is -0.316 e. The molecule has 1 heterocycles. The number of hydrogen-bond donors (Lipinski definition) is 2. The fourth-order valence-corrected chi connectivity index (χ4v) is 4.48. The molecule has 1 aromatic carbocycles. The van der Waals surface area contributed by atoms with Gasteiger partial charge in [-0.15, -0.1) is 11.3 Å². The van der Waals surface area contributed by atoms with E-state index in [1.54, 1.807) is 0 Å². The van der Waals surface area contributed by atoms with E-state index in [-0.39, 0.29) is 5.75 Å². The van der Waals surface area contributed by atoms with Crippen molar-refractivity contribution in [3.05, 3.63) is 56.2 Å². The molecule has 2 aromatic rings. The Labute approximate surface area is 137 Å². The van der Waals surface area contributed by atoms with Gasteiger partial charge in [0.1, 0.15) is 0 Å². The maximum atomic E-state index is 12.1. The molecular weight excluding hydrogens is 372 g/mol. The van der Waals surface area contributed by atoms with E-state index in [4.69, 9.17) is 0 Å². The van der Waals surface area contributed by atoms with E-state index in [0.29, 0.717) is 6.54 Å². The topological polar surface area (TPSA) is 58.2 Å². The van der Waals surface area contributed by atoms with Crippen LogP contribution in [0.5, 0.6) is 0 Å². The molecule has 0 fully saturated rings. The van der Waals surface area contributed by atoms with Gasteiger partial charge in [-0.05, 0) is 45.6 Å². The zero-order valence-electron chi connectivity index (χ0n) is 11.6. The van der Waals surface area contributed by atoms with E-state index < -0.39 is 10.0 Å². The molecule has 114 valence electrons. The van der Waals surface area contributed by atoms with Crippen molar-refractivity contribution < 1.29 is 8.42 Å². The van der Waals surface area contributed by atoms with Gasteiger partial charge in [0.25, 0.3) is 0 Å². The van der Waals surface area contributed by atoms with Gasteiger partial charge in [-0.25, -0.2) is 13.1 Å². The van der Waals surface area contributed by atoms with E-state index in [1.807, 2.05) is 42.8 Å². The van der Waals surface area contributed by atoms with Crippen LogP contribution in [0.3, 0.4) is 0 Å². The molecule has 0 aliphatic rings. The van der Waals surface area contributed by atoms with Gasteiger partial charge in [-0.2, -0.15) is 0 Å². The lowest BCUT2D eigenvalue weighted by molar-refractivity contribution is 0.581. The average Bonchev–Trinajstić information content (AvgIpc) is 2.84. The van der Waals surface area contributed by atoms with Gasteiger partial charge in [0.05, 0.1) is 5.75 Å². The van der Waals surface area contributed by atoms with Crippen LogP contribution in [0, 0.1) is 0 Å². The number of halogens is 1. The second-order valence-corrected chi connectivity index (χ2v) is 8.28. The minimum absolute atomic E-state index is 0.00414. The standard InChI is InChI=1S/C14H17BrN2O2S2/c1-16-8-11-2-4-12(5-3-11)10-21(18,19)17-9-14-13(15)6-7-20-14/h2-7,16-17H,8-10H2,1H3. The molecule has 0 aliphatic carbocycles. The Bertz CT molecular complexity index is 681. The third-order valence-electron chi connectivity index (χ3n) is 2.90. The van der Waals surface area contributed by atoms with Gasteiger partial charge in [-0.3, -0.25) is 0 Å². The van der Waals surface area contributed by atoms with Crippen LogP contribution in [-0.4, -0.2) is 15.5 Å². The summed E-state index contributed by atoms with van der Waals surface area (Å²) in [6.45, 7) is 1.09. The Kier molecular flexibility index (Phi) is 5.95. The average molecular weight is 389 g/mol. The molecule has 0 saturated carbocycles. The Morgan fingerprint density at radius 1 is 1.10 bits per heavy atom. The number of sulfonamides is 1. The van der Waals surface area contributed by atoms with Crippen LogP contribution < -0.4 is 10.0 Å². The molecule has 0 aliphatic heterocycles. The molecule has 2 rings (SSSR count). The Morgan fingerprint density at radius 3 is 2.33 bits per heavy atom. The maximum Gasteiger partial charge on any atom is 0.216 e. The summed E-state index contributed by atoms with van der Waals surface area (Å²) in [5.41, 5.74) is 1.92. The SMILES string of the molecule is CNCc1ccc(CS(=O)(=O)NCc2sccc2Br)cc1. The first-order valence-electron chi connectivity index (χ1n) is 6.42. The lowest BCUT2D eigenvalue weighted by Gasteiger charge is -2.07. The number of rotatable bonds is 7. The Hall–Kier alpha value is -0.730. The largest absolute Gasteiger partial charge is 0.316 e. The summed E-state index contributed by atoms with van der Waals surface area (Å²) in [4.78, 5) is 0.975. The highest BCUT2D eigenvalue weighted by atomic mass is 79.9. The molecule has 0 saturated heterocycles. The van der Waals surface area contributed by atoms with Gasteiger partial charge >= 0.3 is 0 Å². The van der Waals surface area contributed by atoms with Crippen LogP contribution in [0.4, 0.5) is 0 Å². The summed E-state index contributed by atoms with van der Waals surface area (Å²) < 4.78 is 27.7. The number of thiophene rings is 1. The molecule has 4 nitrogen and oxygen atoms in total.